The van der Waals surface area contributed by atoms with Gasteiger partial charge >= 0.3 is 0 Å². The third-order valence-electron chi connectivity index (χ3n) is 6.33. The van der Waals surface area contributed by atoms with Gasteiger partial charge in [-0.3, -0.25) is 0 Å². The summed E-state index contributed by atoms with van der Waals surface area (Å²) >= 11 is 0. The van der Waals surface area contributed by atoms with Gasteiger partial charge in [0.2, 0.25) is 0 Å². The molecule has 0 N–H and O–H groups in total. The Kier molecular flexibility index (Phi) is 8.30. The van der Waals surface area contributed by atoms with Crippen molar-refractivity contribution >= 4 is 10.8 Å². The molecule has 0 radical (unpaired) electrons. The average molecular weight is 459 g/mol. The number of benzene rings is 4. The van der Waals surface area contributed by atoms with Gasteiger partial charge in [0.05, 0.1) is 6.61 Å². The molecule has 4 aromatic carbocycles. The summed E-state index contributed by atoms with van der Waals surface area (Å²) in [5.41, 5.74) is 3.82. The monoisotopic (exact) mass is 458 g/mol. The minimum absolute atomic E-state index is 0.172. The van der Waals surface area contributed by atoms with Gasteiger partial charge in [-0.2, -0.15) is 0 Å². The molecule has 0 bridgehead atoms. The van der Waals surface area contributed by atoms with Crippen LogP contribution < -0.4 is 4.74 Å². The van der Waals surface area contributed by atoms with Crippen LogP contribution >= 0.6 is 0 Å². The smallest absolute Gasteiger partial charge is 0.134 e. The zero-order valence-electron chi connectivity index (χ0n) is 19.8. The normalized spacial score (nSPS) is 11.1. The first-order valence-corrected chi connectivity index (χ1v) is 12.3. The minimum Gasteiger partial charge on any atom is -0.494 e. The van der Waals surface area contributed by atoms with Crippen LogP contribution in [0.3, 0.4) is 0 Å². The molecule has 0 fully saturated rings. The lowest BCUT2D eigenvalue weighted by atomic mass is 9.97. The molecule has 0 aliphatic carbocycles. The molecule has 0 spiro atoms. The van der Waals surface area contributed by atoms with E-state index in [2.05, 4.69) is 19.1 Å². The summed E-state index contributed by atoms with van der Waals surface area (Å²) in [7, 11) is 0. The lowest BCUT2D eigenvalue weighted by molar-refractivity contribution is 0.304. The summed E-state index contributed by atoms with van der Waals surface area (Å²) in [6.45, 7) is 2.97. The first-order valence-electron chi connectivity index (χ1n) is 12.3. The topological polar surface area (TPSA) is 9.23 Å². The Labute approximate surface area is 201 Å². The molecule has 0 saturated carbocycles. The fourth-order valence-corrected chi connectivity index (χ4v) is 4.28. The zero-order valence-corrected chi connectivity index (χ0v) is 19.8. The van der Waals surface area contributed by atoms with Crippen LogP contribution in [-0.2, 0) is 12.8 Å². The Balaban J connectivity index is 1.40. The van der Waals surface area contributed by atoms with Crippen LogP contribution in [0.5, 0.6) is 5.75 Å². The van der Waals surface area contributed by atoms with E-state index in [9.17, 15) is 4.39 Å². The van der Waals surface area contributed by atoms with E-state index in [1.807, 2.05) is 42.5 Å². The third kappa shape index (κ3) is 6.22. The molecule has 1 nitrogen and oxygen atoms in total. The summed E-state index contributed by atoms with van der Waals surface area (Å²) in [4.78, 5) is 0. The Bertz CT molecular complexity index is 1200. The van der Waals surface area contributed by atoms with Gasteiger partial charge in [0.15, 0.2) is 0 Å². The first kappa shape index (κ1) is 23.9. The molecule has 4 aromatic rings. The lowest BCUT2D eigenvalue weighted by Gasteiger charge is -2.10. The maximum atomic E-state index is 15.2. The Morgan fingerprint density at radius 1 is 0.676 bits per heavy atom. The van der Waals surface area contributed by atoms with Crippen LogP contribution in [0.4, 0.5) is 8.78 Å². The van der Waals surface area contributed by atoms with Gasteiger partial charge in [0, 0.05) is 5.39 Å². The number of unbranched alkanes of at least 4 members (excludes halogenated alkanes) is 4. The maximum absolute atomic E-state index is 15.2. The van der Waals surface area contributed by atoms with Crippen LogP contribution in [0.15, 0.2) is 78.9 Å². The van der Waals surface area contributed by atoms with E-state index in [4.69, 9.17) is 4.74 Å². The summed E-state index contributed by atoms with van der Waals surface area (Å²) in [5, 5.41) is 1.51. The molecule has 0 saturated heterocycles. The summed E-state index contributed by atoms with van der Waals surface area (Å²) in [6, 6.07) is 24.2. The third-order valence-corrected chi connectivity index (χ3v) is 6.33. The molecule has 3 heteroatoms. The molecule has 34 heavy (non-hydrogen) atoms. The van der Waals surface area contributed by atoms with Crippen molar-refractivity contribution in [3.05, 3.63) is 102 Å². The standard InChI is InChI=1S/C31H32F2O/c1-2-3-4-5-6-21-34-29-18-13-24(14-19-29)26-15-20-30-27(22-26)12-11-25(31(30)33)10-7-23-8-16-28(32)17-9-23/h8-9,11-20,22H,2-7,10,21H2,1H3. The molecular formula is C31H32F2O. The molecule has 0 aliphatic heterocycles. The van der Waals surface area contributed by atoms with E-state index in [-0.39, 0.29) is 11.6 Å². The van der Waals surface area contributed by atoms with Crippen molar-refractivity contribution in [2.24, 2.45) is 0 Å². The second-order valence-corrected chi connectivity index (χ2v) is 8.89. The largest absolute Gasteiger partial charge is 0.494 e. The molecular weight excluding hydrogens is 426 g/mol. The van der Waals surface area contributed by atoms with Crippen LogP contribution in [0, 0.1) is 11.6 Å². The van der Waals surface area contributed by atoms with Crippen molar-refractivity contribution in [3.8, 4) is 16.9 Å². The quantitative estimate of drug-likeness (QED) is 0.204. The van der Waals surface area contributed by atoms with Crippen LogP contribution in [0.25, 0.3) is 21.9 Å². The Morgan fingerprint density at radius 3 is 2.18 bits per heavy atom. The van der Waals surface area contributed by atoms with Crippen molar-refractivity contribution in [2.45, 2.75) is 51.9 Å². The van der Waals surface area contributed by atoms with Gasteiger partial charge in [-0.05, 0) is 77.2 Å². The number of ether oxygens (including phenoxy) is 1. The Morgan fingerprint density at radius 2 is 1.41 bits per heavy atom. The van der Waals surface area contributed by atoms with Gasteiger partial charge in [0.25, 0.3) is 0 Å². The van der Waals surface area contributed by atoms with Gasteiger partial charge in [-0.1, -0.05) is 81.1 Å². The van der Waals surface area contributed by atoms with E-state index < -0.39 is 0 Å². The number of hydrogen-bond acceptors (Lipinski definition) is 1. The van der Waals surface area contributed by atoms with Gasteiger partial charge < -0.3 is 4.74 Å². The van der Waals surface area contributed by atoms with Crippen molar-refractivity contribution in [2.75, 3.05) is 6.61 Å². The molecule has 0 aliphatic rings. The minimum atomic E-state index is -0.253. The molecule has 4 rings (SSSR count). The Hall–Kier alpha value is -3.20. The highest BCUT2D eigenvalue weighted by Gasteiger charge is 2.09. The van der Waals surface area contributed by atoms with Crippen LogP contribution in [0.1, 0.15) is 50.2 Å². The van der Waals surface area contributed by atoms with Crippen molar-refractivity contribution < 1.29 is 13.5 Å². The average Bonchev–Trinajstić information content (AvgIpc) is 2.87. The van der Waals surface area contributed by atoms with Crippen molar-refractivity contribution in [1.29, 1.82) is 0 Å². The zero-order chi connectivity index (χ0) is 23.8. The predicted molar refractivity (Wildman–Crippen MR) is 137 cm³/mol. The van der Waals surface area contributed by atoms with E-state index in [0.29, 0.717) is 23.8 Å². The molecule has 0 aromatic heterocycles. The second-order valence-electron chi connectivity index (χ2n) is 8.89. The SMILES string of the molecule is CCCCCCCOc1ccc(-c2ccc3c(F)c(CCc4ccc(F)cc4)ccc3c2)cc1. The summed E-state index contributed by atoms with van der Waals surface area (Å²) in [5.74, 6) is 0.460. The number of halogens is 2. The van der Waals surface area contributed by atoms with E-state index >= 15 is 4.39 Å². The van der Waals surface area contributed by atoms with E-state index in [1.54, 1.807) is 12.1 Å². The lowest BCUT2D eigenvalue weighted by Crippen LogP contribution is -1.97. The highest BCUT2D eigenvalue weighted by atomic mass is 19.1. The fraction of sp³-hybridized carbons (Fsp3) is 0.290. The summed E-state index contributed by atoms with van der Waals surface area (Å²) < 4.78 is 34.1. The predicted octanol–water partition coefficient (Wildman–Crippen LogP) is 8.92. The van der Waals surface area contributed by atoms with E-state index in [0.717, 1.165) is 40.9 Å². The molecule has 0 amide bonds. The van der Waals surface area contributed by atoms with Crippen LogP contribution in [-0.4, -0.2) is 6.61 Å². The van der Waals surface area contributed by atoms with Crippen molar-refractivity contribution in [3.63, 3.8) is 0 Å². The highest BCUT2D eigenvalue weighted by molar-refractivity contribution is 5.88. The number of aryl methyl sites for hydroxylation is 2. The molecule has 176 valence electrons. The number of fused-ring (bicyclic) bond motifs is 1. The number of rotatable bonds is 11. The molecule has 0 unspecified atom stereocenters. The fourth-order valence-electron chi connectivity index (χ4n) is 4.28. The van der Waals surface area contributed by atoms with Crippen LogP contribution in [0.2, 0.25) is 0 Å². The van der Waals surface area contributed by atoms with Gasteiger partial charge in [-0.15, -0.1) is 0 Å². The van der Waals surface area contributed by atoms with Gasteiger partial charge in [-0.25, -0.2) is 8.78 Å². The number of hydrogen-bond donors (Lipinski definition) is 0. The van der Waals surface area contributed by atoms with Crippen molar-refractivity contribution in [1.82, 2.24) is 0 Å². The maximum Gasteiger partial charge on any atom is 0.134 e. The highest BCUT2D eigenvalue weighted by Crippen LogP contribution is 2.29. The van der Waals surface area contributed by atoms with E-state index in [1.165, 1.54) is 37.8 Å². The first-order chi connectivity index (χ1) is 16.6. The summed E-state index contributed by atoms with van der Waals surface area (Å²) in [6.07, 6.45) is 7.38. The molecule has 0 heterocycles. The molecule has 0 atom stereocenters. The second kappa shape index (κ2) is 11.8. The van der Waals surface area contributed by atoms with Gasteiger partial charge in [0.1, 0.15) is 17.4 Å².